The number of carbonyl (C=O) groups is 4. The zero-order valence-corrected chi connectivity index (χ0v) is 26.4. The number of rotatable bonds is 9. The summed E-state index contributed by atoms with van der Waals surface area (Å²) in [5.74, 6) is -2.64. The van der Waals surface area contributed by atoms with E-state index in [-0.39, 0.29) is 18.2 Å². The van der Waals surface area contributed by atoms with E-state index in [0.29, 0.717) is 35.0 Å². The predicted octanol–water partition coefficient (Wildman–Crippen LogP) is 5.38. The van der Waals surface area contributed by atoms with Crippen molar-refractivity contribution in [2.24, 2.45) is 11.8 Å². The van der Waals surface area contributed by atoms with Crippen LogP contribution in [0.1, 0.15) is 55.3 Å². The molecule has 3 aromatic rings. The first-order valence-corrected chi connectivity index (χ1v) is 15.5. The van der Waals surface area contributed by atoms with Gasteiger partial charge in [-0.15, -0.1) is 0 Å². The second kappa shape index (κ2) is 11.8. The molecule has 0 unspecified atom stereocenters. The van der Waals surface area contributed by atoms with E-state index in [9.17, 15) is 19.2 Å². The summed E-state index contributed by atoms with van der Waals surface area (Å²) < 4.78 is 11.3. The van der Waals surface area contributed by atoms with Crippen molar-refractivity contribution in [3.05, 3.63) is 83.4 Å². The number of nitrogens with zero attached hydrogens (tertiary/aromatic N) is 3. The van der Waals surface area contributed by atoms with Crippen molar-refractivity contribution < 1.29 is 28.7 Å². The number of ether oxygens (including phenoxy) is 2. The summed E-state index contributed by atoms with van der Waals surface area (Å²) in [4.78, 5) is 62.5. The largest absolute Gasteiger partial charge is 0.497 e. The van der Waals surface area contributed by atoms with Gasteiger partial charge in [-0.05, 0) is 57.1 Å². The molecule has 6 rings (SSSR count). The third kappa shape index (κ3) is 4.72. The van der Waals surface area contributed by atoms with E-state index >= 15 is 0 Å². The normalized spacial score (nSPS) is 24.7. The number of unbranched alkanes of at least 4 members (excludes halogenated alkanes) is 2. The number of carbonyl (C=O) groups excluding carboxylic acids is 4. The number of aryl methyl sites for hydroxylation is 2. The lowest BCUT2D eigenvalue weighted by atomic mass is 9.78. The molecular formula is C36H39N3O6. The number of likely N-dealkylation sites (tertiary alicyclic amines) is 1. The average Bonchev–Trinajstić information content (AvgIpc) is 3.58. The third-order valence-corrected chi connectivity index (χ3v) is 9.64. The molecule has 3 aliphatic heterocycles. The van der Waals surface area contributed by atoms with Gasteiger partial charge in [-0.25, -0.2) is 9.80 Å². The Balaban J connectivity index is 1.57. The van der Waals surface area contributed by atoms with Crippen LogP contribution in [-0.4, -0.2) is 54.8 Å². The highest BCUT2D eigenvalue weighted by Gasteiger charge is 2.75. The molecule has 9 heteroatoms. The molecule has 1 spiro atoms. The Morgan fingerprint density at radius 1 is 0.778 bits per heavy atom. The summed E-state index contributed by atoms with van der Waals surface area (Å²) in [6.07, 6.45) is 2.34. The van der Waals surface area contributed by atoms with Crippen molar-refractivity contribution in [3.8, 4) is 11.5 Å². The molecule has 0 bridgehead atoms. The van der Waals surface area contributed by atoms with E-state index in [1.54, 1.807) is 50.6 Å². The topological polar surface area (TPSA) is 96.5 Å². The van der Waals surface area contributed by atoms with Gasteiger partial charge in [0, 0.05) is 11.6 Å². The number of methoxy groups -OCH3 is 2. The van der Waals surface area contributed by atoms with Crippen molar-refractivity contribution in [2.45, 2.75) is 58.0 Å². The molecular weight excluding hydrogens is 570 g/mol. The highest BCUT2D eigenvalue weighted by molar-refractivity contribution is 6.30. The molecule has 3 heterocycles. The Hall–Kier alpha value is -4.50. The zero-order valence-electron chi connectivity index (χ0n) is 26.4. The molecule has 0 aliphatic carbocycles. The lowest BCUT2D eigenvalue weighted by Crippen LogP contribution is -2.57. The Labute approximate surface area is 263 Å². The second-order valence-corrected chi connectivity index (χ2v) is 12.3. The van der Waals surface area contributed by atoms with E-state index < -0.39 is 35.2 Å². The van der Waals surface area contributed by atoms with Crippen LogP contribution in [0.3, 0.4) is 0 Å². The molecule has 4 amide bonds. The molecule has 0 radical (unpaired) electrons. The first kappa shape index (κ1) is 30.5. The minimum Gasteiger partial charge on any atom is -0.497 e. The summed E-state index contributed by atoms with van der Waals surface area (Å²) in [6, 6.07) is 19.1. The van der Waals surface area contributed by atoms with Gasteiger partial charge in [-0.3, -0.25) is 24.1 Å². The minimum absolute atomic E-state index is 0.206. The fourth-order valence-corrected chi connectivity index (χ4v) is 7.49. The van der Waals surface area contributed by atoms with Crippen LogP contribution in [0.15, 0.2) is 66.7 Å². The van der Waals surface area contributed by atoms with Gasteiger partial charge in [0.15, 0.2) is 0 Å². The van der Waals surface area contributed by atoms with Crippen LogP contribution in [0.4, 0.5) is 11.4 Å². The number of hydrogen-bond acceptors (Lipinski definition) is 7. The van der Waals surface area contributed by atoms with Gasteiger partial charge >= 0.3 is 0 Å². The van der Waals surface area contributed by atoms with Crippen LogP contribution in [0.5, 0.6) is 11.5 Å². The smallest absolute Gasteiger partial charge is 0.255 e. The summed E-state index contributed by atoms with van der Waals surface area (Å²) in [7, 11) is 3.11. The Kier molecular flexibility index (Phi) is 7.99. The maximum Gasteiger partial charge on any atom is 0.255 e. The van der Waals surface area contributed by atoms with E-state index in [1.165, 1.54) is 9.80 Å². The SMILES string of the molecule is CCCCCN1[C@H](c2ccc(OC)cc2OC)[C@@H]2C(=O)N(c3ccc(C)cc3)C(=O)[C@@H]2[C@]12CC(=O)N(c1ccc(C)cc1)C2=O. The van der Waals surface area contributed by atoms with E-state index in [4.69, 9.17) is 9.47 Å². The number of anilines is 2. The number of imide groups is 2. The number of benzene rings is 3. The minimum atomic E-state index is -1.55. The quantitative estimate of drug-likeness (QED) is 0.238. The number of hydrogen-bond donors (Lipinski definition) is 0. The lowest BCUT2D eigenvalue weighted by Gasteiger charge is -2.39. The third-order valence-electron chi connectivity index (χ3n) is 9.64. The fraction of sp³-hybridized carbons (Fsp3) is 0.389. The van der Waals surface area contributed by atoms with E-state index in [1.807, 2.05) is 49.1 Å². The standard InChI is InChI=1S/C36H39N3O6/c1-6-7-8-19-37-32(27-18-17-26(44-4)20-28(27)45-5)30-31(34(42)39(33(30)41)25-15-11-23(3)12-16-25)36(37)21-29(40)38(35(36)43)24-13-9-22(2)10-14-24/h9-18,20,30-32H,6-8,19,21H2,1-5H3/t30-,31-,32-,36+/m1/s1. The van der Waals surface area contributed by atoms with Gasteiger partial charge in [-0.1, -0.05) is 61.2 Å². The summed E-state index contributed by atoms with van der Waals surface area (Å²) in [6.45, 7) is 6.38. The summed E-state index contributed by atoms with van der Waals surface area (Å²) in [5, 5.41) is 0. The molecule has 0 N–H and O–H groups in total. The maximum atomic E-state index is 14.9. The van der Waals surface area contributed by atoms with Crippen molar-refractivity contribution >= 4 is 35.0 Å². The Morgan fingerprint density at radius 3 is 1.98 bits per heavy atom. The lowest BCUT2D eigenvalue weighted by molar-refractivity contribution is -0.135. The monoisotopic (exact) mass is 609 g/mol. The maximum absolute atomic E-state index is 14.9. The molecule has 9 nitrogen and oxygen atoms in total. The summed E-state index contributed by atoms with van der Waals surface area (Å²) in [5.41, 5.74) is 2.00. The van der Waals surface area contributed by atoms with Crippen LogP contribution in [0.2, 0.25) is 0 Å². The van der Waals surface area contributed by atoms with E-state index in [0.717, 1.165) is 30.4 Å². The zero-order chi connectivity index (χ0) is 32.0. The highest BCUT2D eigenvalue weighted by atomic mass is 16.5. The Morgan fingerprint density at radius 2 is 1.40 bits per heavy atom. The molecule has 3 saturated heterocycles. The van der Waals surface area contributed by atoms with Crippen LogP contribution in [0.25, 0.3) is 0 Å². The van der Waals surface area contributed by atoms with Gasteiger partial charge in [0.25, 0.3) is 5.91 Å². The number of fused-ring (bicyclic) bond motifs is 2. The van der Waals surface area contributed by atoms with Gasteiger partial charge < -0.3 is 9.47 Å². The van der Waals surface area contributed by atoms with Gasteiger partial charge in [0.05, 0.1) is 49.9 Å². The average molecular weight is 610 g/mol. The van der Waals surface area contributed by atoms with Crippen molar-refractivity contribution in [2.75, 3.05) is 30.6 Å². The van der Waals surface area contributed by atoms with Crippen molar-refractivity contribution in [1.82, 2.24) is 4.90 Å². The highest BCUT2D eigenvalue weighted by Crippen LogP contribution is 2.60. The Bertz CT molecular complexity index is 1650. The van der Waals surface area contributed by atoms with Crippen molar-refractivity contribution in [3.63, 3.8) is 0 Å². The van der Waals surface area contributed by atoms with Gasteiger partial charge in [0.2, 0.25) is 17.7 Å². The van der Waals surface area contributed by atoms with Crippen LogP contribution in [0, 0.1) is 25.7 Å². The van der Waals surface area contributed by atoms with Gasteiger partial charge in [-0.2, -0.15) is 0 Å². The van der Waals surface area contributed by atoms with Gasteiger partial charge in [0.1, 0.15) is 17.0 Å². The first-order chi connectivity index (χ1) is 21.7. The molecule has 4 atom stereocenters. The van der Waals surface area contributed by atoms with Crippen LogP contribution >= 0.6 is 0 Å². The van der Waals surface area contributed by atoms with Crippen molar-refractivity contribution in [1.29, 1.82) is 0 Å². The van der Waals surface area contributed by atoms with E-state index in [2.05, 4.69) is 6.92 Å². The number of amides is 4. The fourth-order valence-electron chi connectivity index (χ4n) is 7.49. The molecule has 234 valence electrons. The first-order valence-electron chi connectivity index (χ1n) is 15.5. The summed E-state index contributed by atoms with van der Waals surface area (Å²) >= 11 is 0. The molecule has 45 heavy (non-hydrogen) atoms. The molecule has 0 aromatic heterocycles. The molecule has 3 aliphatic rings. The molecule has 3 fully saturated rings. The van der Waals surface area contributed by atoms with Crippen LogP contribution in [-0.2, 0) is 19.2 Å². The van der Waals surface area contributed by atoms with Crippen LogP contribution < -0.4 is 19.3 Å². The molecule has 3 aromatic carbocycles. The predicted molar refractivity (Wildman–Crippen MR) is 170 cm³/mol. The molecule has 0 saturated carbocycles. The second-order valence-electron chi connectivity index (χ2n) is 12.3.